The van der Waals surface area contributed by atoms with Gasteiger partial charge >= 0.3 is 0 Å². The predicted octanol–water partition coefficient (Wildman–Crippen LogP) is 22.9. The first-order chi connectivity index (χ1) is 41.4. The van der Waals surface area contributed by atoms with E-state index >= 15 is 0 Å². The molecule has 11 aromatic rings. The van der Waals surface area contributed by atoms with Crippen molar-refractivity contribution >= 4 is 40.6 Å². The monoisotopic (exact) mass is 1150 g/mol. The molecule has 0 bridgehead atoms. The maximum Gasteiger partial charge on any atom is 0.178 e. The zero-order chi connectivity index (χ0) is 58.6. The van der Waals surface area contributed by atoms with Gasteiger partial charge < -0.3 is 14.4 Å². The SMILES string of the molecule is CC1(C)c2ccccc2Sc2c1ccc1c2-c2ccc(N(c3ccc(-c4cccc5c4Oc4c(ccc6c4-c4ccccc4C6(C)C)O5)cc3)c3ccc(-c4cccc5c4Sc4c(ccc6c4-c4ccccc4C6(C)C)C5(C)C)cc3)cc2C1(C)C. The number of ether oxygens (including phenoxy) is 2. The summed E-state index contributed by atoms with van der Waals surface area (Å²) >= 11 is 3.91. The molecular formula is C81H65NO2S2. The number of hydrogen-bond donors (Lipinski definition) is 0. The van der Waals surface area contributed by atoms with E-state index < -0.39 is 0 Å². The Morgan fingerprint density at radius 1 is 0.279 bits per heavy atom. The molecule has 3 aliphatic heterocycles. The first kappa shape index (κ1) is 51.9. The summed E-state index contributed by atoms with van der Waals surface area (Å²) < 4.78 is 13.9. The van der Waals surface area contributed by atoms with E-state index in [1.165, 1.54) is 114 Å². The molecule has 17 rings (SSSR count). The van der Waals surface area contributed by atoms with Crippen molar-refractivity contribution in [3.05, 3.63) is 268 Å². The fraction of sp³-hybridized carbons (Fsp3) is 0.185. The fourth-order valence-electron chi connectivity index (χ4n) is 15.9. The van der Waals surface area contributed by atoms with Crippen LogP contribution in [0.3, 0.4) is 0 Å². The summed E-state index contributed by atoms with van der Waals surface area (Å²) in [5, 5.41) is 0. The van der Waals surface area contributed by atoms with Crippen LogP contribution >= 0.6 is 23.5 Å². The van der Waals surface area contributed by atoms with Gasteiger partial charge in [0.25, 0.3) is 0 Å². The second-order valence-electron chi connectivity index (χ2n) is 27.1. The third-order valence-electron chi connectivity index (χ3n) is 20.7. The fourth-order valence-corrected chi connectivity index (χ4v) is 19.2. The molecule has 6 aliphatic rings. The van der Waals surface area contributed by atoms with E-state index in [0.29, 0.717) is 5.75 Å². The van der Waals surface area contributed by atoms with Crippen molar-refractivity contribution in [2.24, 2.45) is 0 Å². The largest absolute Gasteiger partial charge is 0.449 e. The number of para-hydroxylation sites is 1. The molecule has 0 saturated carbocycles. The Hall–Kier alpha value is -8.48. The van der Waals surface area contributed by atoms with Gasteiger partial charge in [0.05, 0.1) is 0 Å². The highest BCUT2D eigenvalue weighted by Crippen LogP contribution is 2.64. The van der Waals surface area contributed by atoms with Crippen molar-refractivity contribution in [2.75, 3.05) is 4.90 Å². The summed E-state index contributed by atoms with van der Waals surface area (Å²) in [5.41, 5.74) is 28.4. The second kappa shape index (κ2) is 17.8. The van der Waals surface area contributed by atoms with E-state index in [9.17, 15) is 0 Å². The lowest BCUT2D eigenvalue weighted by atomic mass is 9.75. The highest BCUT2D eigenvalue weighted by Gasteiger charge is 2.45. The Balaban J connectivity index is 0.778. The maximum absolute atomic E-state index is 7.14. The number of nitrogens with zero attached hydrogens (tertiary/aromatic N) is 1. The molecule has 5 heteroatoms. The number of anilines is 3. The average Bonchev–Trinajstić information content (AvgIpc) is 1.50. The lowest BCUT2D eigenvalue weighted by Gasteiger charge is -2.37. The van der Waals surface area contributed by atoms with Crippen molar-refractivity contribution in [3.63, 3.8) is 0 Å². The number of fused-ring (bicyclic) bond motifs is 18. The summed E-state index contributed by atoms with van der Waals surface area (Å²) in [6.07, 6.45) is 0. The summed E-state index contributed by atoms with van der Waals surface area (Å²) in [7, 11) is 0. The lowest BCUT2D eigenvalue weighted by molar-refractivity contribution is 0.361. The van der Waals surface area contributed by atoms with Crippen LogP contribution in [0.5, 0.6) is 23.0 Å². The van der Waals surface area contributed by atoms with E-state index in [1.807, 2.05) is 29.6 Å². The standard InChI is InChI=1S/C81H65NO2S2/c1-77(2)56-23-13-11-19-53(56)69-59(77)43-44-67-73(69)84-72-51(21-18-27-66(72)83-67)46-29-33-48(34-30-46)82(50-37-38-55-65(45-50)80(7,8)61-40-41-63-75(71(55)61)85-68-28-16-15-25-58(68)79(63,5)6)49-35-31-47(32-36-49)52-22-17-26-62-74(52)86-76-64(81(62,9)10)42-39-60-70(76)54-20-12-14-24-57(54)78(60,3)4/h11-45H,1-10H3. The van der Waals surface area contributed by atoms with Gasteiger partial charge in [-0.3, -0.25) is 0 Å². The van der Waals surface area contributed by atoms with Crippen LogP contribution in [-0.2, 0) is 27.1 Å². The molecule has 86 heavy (non-hydrogen) atoms. The highest BCUT2D eigenvalue weighted by atomic mass is 32.2. The van der Waals surface area contributed by atoms with Crippen LogP contribution < -0.4 is 14.4 Å². The third kappa shape index (κ3) is 7.01. The molecule has 0 fully saturated rings. The van der Waals surface area contributed by atoms with Gasteiger partial charge in [-0.15, -0.1) is 0 Å². The van der Waals surface area contributed by atoms with Gasteiger partial charge in [0.2, 0.25) is 0 Å². The molecule has 3 heterocycles. The first-order valence-corrected chi connectivity index (χ1v) is 32.0. The average molecular weight is 1150 g/mol. The minimum Gasteiger partial charge on any atom is -0.449 e. The Labute approximate surface area is 514 Å². The minimum absolute atomic E-state index is 0.0715. The Morgan fingerprint density at radius 2 is 0.709 bits per heavy atom. The molecule has 418 valence electrons. The lowest BCUT2D eigenvalue weighted by Crippen LogP contribution is -2.25. The van der Waals surface area contributed by atoms with Crippen LogP contribution in [-0.4, -0.2) is 0 Å². The third-order valence-corrected chi connectivity index (χ3v) is 23.2. The van der Waals surface area contributed by atoms with Gasteiger partial charge in [0, 0.05) is 86.0 Å². The zero-order valence-corrected chi connectivity index (χ0v) is 51.9. The van der Waals surface area contributed by atoms with Crippen LogP contribution in [0.1, 0.15) is 125 Å². The molecule has 0 saturated heterocycles. The van der Waals surface area contributed by atoms with Gasteiger partial charge in [-0.1, -0.05) is 250 Å². The van der Waals surface area contributed by atoms with E-state index in [2.05, 4.69) is 280 Å². The Morgan fingerprint density at radius 3 is 1.37 bits per heavy atom. The van der Waals surface area contributed by atoms with Crippen LogP contribution in [0, 0.1) is 0 Å². The van der Waals surface area contributed by atoms with Crippen molar-refractivity contribution in [2.45, 2.75) is 116 Å². The van der Waals surface area contributed by atoms with Crippen LogP contribution in [0.25, 0.3) is 55.6 Å². The number of hydrogen-bond acceptors (Lipinski definition) is 5. The van der Waals surface area contributed by atoms with Crippen molar-refractivity contribution in [1.82, 2.24) is 0 Å². The quantitative estimate of drug-likeness (QED) is 0.171. The Kier molecular flexibility index (Phi) is 10.8. The zero-order valence-electron chi connectivity index (χ0n) is 50.3. The molecule has 0 radical (unpaired) electrons. The molecule has 0 unspecified atom stereocenters. The van der Waals surface area contributed by atoms with Crippen molar-refractivity contribution in [1.29, 1.82) is 0 Å². The van der Waals surface area contributed by atoms with Crippen LogP contribution in [0.2, 0.25) is 0 Å². The maximum atomic E-state index is 7.14. The topological polar surface area (TPSA) is 21.7 Å². The number of benzene rings is 11. The van der Waals surface area contributed by atoms with Crippen molar-refractivity contribution in [3.8, 4) is 78.6 Å². The summed E-state index contributed by atoms with van der Waals surface area (Å²) in [6, 6.07) is 79.6. The number of rotatable bonds is 5. The van der Waals surface area contributed by atoms with Gasteiger partial charge in [0.1, 0.15) is 0 Å². The molecule has 3 nitrogen and oxygen atoms in total. The smallest absolute Gasteiger partial charge is 0.178 e. The molecule has 0 atom stereocenters. The van der Waals surface area contributed by atoms with Gasteiger partial charge in [0.15, 0.2) is 23.0 Å². The van der Waals surface area contributed by atoms with E-state index in [1.54, 1.807) is 0 Å². The van der Waals surface area contributed by atoms with Gasteiger partial charge in [-0.05, 0) is 144 Å². The molecule has 11 aromatic carbocycles. The van der Waals surface area contributed by atoms with Gasteiger partial charge in [-0.2, -0.15) is 0 Å². The normalized spacial score (nSPS) is 16.8. The molecular weight excluding hydrogens is 1080 g/mol. The van der Waals surface area contributed by atoms with E-state index in [-0.39, 0.29) is 27.1 Å². The molecule has 0 spiro atoms. The summed E-state index contributed by atoms with van der Waals surface area (Å²) in [4.78, 5) is 7.92. The highest BCUT2D eigenvalue weighted by molar-refractivity contribution is 8.00. The summed E-state index contributed by atoms with van der Waals surface area (Å²) in [5.74, 6) is 2.96. The van der Waals surface area contributed by atoms with Crippen molar-refractivity contribution < 1.29 is 9.47 Å². The molecule has 0 amide bonds. The molecule has 0 aromatic heterocycles. The molecule has 0 N–H and O–H groups in total. The van der Waals surface area contributed by atoms with E-state index in [4.69, 9.17) is 9.47 Å². The van der Waals surface area contributed by atoms with Crippen LogP contribution in [0.15, 0.2) is 232 Å². The minimum atomic E-state index is -0.240. The predicted molar refractivity (Wildman–Crippen MR) is 357 cm³/mol. The molecule has 3 aliphatic carbocycles. The van der Waals surface area contributed by atoms with E-state index in [0.717, 1.165) is 51.0 Å². The van der Waals surface area contributed by atoms with Gasteiger partial charge in [-0.25, -0.2) is 0 Å². The second-order valence-corrected chi connectivity index (χ2v) is 29.2. The first-order valence-electron chi connectivity index (χ1n) is 30.4. The summed E-state index contributed by atoms with van der Waals surface area (Å²) in [6.45, 7) is 23.8. The van der Waals surface area contributed by atoms with Crippen LogP contribution in [0.4, 0.5) is 17.1 Å². The Bertz CT molecular complexity index is 4790.